The maximum Gasteiger partial charge on any atom is 0.243 e. The van der Waals surface area contributed by atoms with Crippen molar-refractivity contribution in [3.05, 3.63) is 47.9 Å². The Balaban J connectivity index is 1.69. The first-order valence-corrected chi connectivity index (χ1v) is 9.43. The number of benzene rings is 1. The van der Waals surface area contributed by atoms with Crippen molar-refractivity contribution in [3.63, 3.8) is 0 Å². The minimum Gasteiger partial charge on any atom is -0.467 e. The molecule has 0 radical (unpaired) electrons. The van der Waals surface area contributed by atoms with E-state index in [2.05, 4.69) is 10.6 Å². The summed E-state index contributed by atoms with van der Waals surface area (Å²) >= 11 is 0. The van der Waals surface area contributed by atoms with Crippen LogP contribution in [0.3, 0.4) is 0 Å². The van der Waals surface area contributed by atoms with Crippen LogP contribution in [0, 0.1) is 0 Å². The topological polar surface area (TPSA) is 109 Å². The monoisotopic (exact) mass is 377 g/mol. The van der Waals surface area contributed by atoms with E-state index in [-0.39, 0.29) is 23.9 Å². The molecule has 3 rings (SSSR count). The zero-order chi connectivity index (χ0) is 18.9. The summed E-state index contributed by atoms with van der Waals surface area (Å²) in [6, 6.07) is 7.87. The Morgan fingerprint density at radius 1 is 1.35 bits per heavy atom. The molecule has 0 aliphatic carbocycles. The van der Waals surface area contributed by atoms with E-state index in [4.69, 9.17) is 4.42 Å². The van der Waals surface area contributed by atoms with Gasteiger partial charge in [-0.25, -0.2) is 8.42 Å². The van der Waals surface area contributed by atoms with Crippen LogP contribution in [0.5, 0.6) is 0 Å². The number of nitrogens with one attached hydrogen (secondary N) is 2. The van der Waals surface area contributed by atoms with Crippen molar-refractivity contribution < 1.29 is 22.4 Å². The molecule has 26 heavy (non-hydrogen) atoms. The molecule has 2 amide bonds. The van der Waals surface area contributed by atoms with Gasteiger partial charge in [-0.2, -0.15) is 4.31 Å². The molecule has 0 spiro atoms. The van der Waals surface area contributed by atoms with E-state index >= 15 is 0 Å². The van der Waals surface area contributed by atoms with Crippen LogP contribution in [0.1, 0.15) is 24.2 Å². The second-order valence-corrected chi connectivity index (χ2v) is 8.12. The number of fused-ring (bicyclic) bond motifs is 1. The van der Waals surface area contributed by atoms with Crippen LogP contribution in [0.2, 0.25) is 0 Å². The fourth-order valence-corrected chi connectivity index (χ4v) is 3.84. The van der Waals surface area contributed by atoms with Gasteiger partial charge < -0.3 is 15.1 Å². The number of rotatable bonds is 6. The van der Waals surface area contributed by atoms with Crippen molar-refractivity contribution in [1.29, 1.82) is 0 Å². The van der Waals surface area contributed by atoms with Gasteiger partial charge in [0.15, 0.2) is 0 Å². The van der Waals surface area contributed by atoms with E-state index in [1.807, 2.05) is 0 Å². The van der Waals surface area contributed by atoms with Crippen LogP contribution >= 0.6 is 0 Å². The molecule has 2 N–H and O–H groups in total. The third kappa shape index (κ3) is 3.49. The zero-order valence-corrected chi connectivity index (χ0v) is 15.2. The predicted octanol–water partition coefficient (Wildman–Crippen LogP) is 1.27. The molecule has 0 bridgehead atoms. The van der Waals surface area contributed by atoms with Crippen molar-refractivity contribution in [2.45, 2.75) is 24.3 Å². The normalized spacial score (nSPS) is 16.4. The van der Waals surface area contributed by atoms with Crippen LogP contribution in [-0.4, -0.2) is 38.1 Å². The molecule has 138 valence electrons. The second kappa shape index (κ2) is 6.93. The van der Waals surface area contributed by atoms with Gasteiger partial charge in [0.05, 0.1) is 30.2 Å². The largest absolute Gasteiger partial charge is 0.467 e. The van der Waals surface area contributed by atoms with Crippen LogP contribution in [0.25, 0.3) is 0 Å². The highest BCUT2D eigenvalue weighted by Crippen LogP contribution is 2.34. The smallest absolute Gasteiger partial charge is 0.243 e. The molecule has 2 heterocycles. The van der Waals surface area contributed by atoms with Crippen molar-refractivity contribution in [2.75, 3.05) is 18.9 Å². The lowest BCUT2D eigenvalue weighted by atomic mass is 10.0. The van der Waals surface area contributed by atoms with Crippen LogP contribution in [0.4, 0.5) is 5.69 Å². The number of sulfonamides is 1. The van der Waals surface area contributed by atoms with E-state index in [1.54, 1.807) is 25.1 Å². The first-order chi connectivity index (χ1) is 12.3. The molecule has 1 atom stereocenters. The number of carbonyl (C=O) groups is 2. The van der Waals surface area contributed by atoms with Crippen LogP contribution in [0.15, 0.2) is 45.9 Å². The molecular formula is C17H19N3O5S. The highest BCUT2D eigenvalue weighted by molar-refractivity contribution is 7.89. The van der Waals surface area contributed by atoms with Crippen molar-refractivity contribution in [3.8, 4) is 0 Å². The summed E-state index contributed by atoms with van der Waals surface area (Å²) in [5, 5.41) is 5.30. The quantitative estimate of drug-likeness (QED) is 0.788. The molecule has 1 aromatic carbocycles. The summed E-state index contributed by atoms with van der Waals surface area (Å²) in [7, 11) is -2.52. The van der Waals surface area contributed by atoms with Gasteiger partial charge in [-0.1, -0.05) is 0 Å². The first-order valence-electron chi connectivity index (χ1n) is 7.99. The Morgan fingerprint density at radius 2 is 2.12 bits per heavy atom. The molecule has 2 aromatic rings. The van der Waals surface area contributed by atoms with Gasteiger partial charge in [-0.15, -0.1) is 0 Å². The summed E-state index contributed by atoms with van der Waals surface area (Å²) < 4.78 is 31.5. The van der Waals surface area contributed by atoms with Gasteiger partial charge in [0.2, 0.25) is 21.8 Å². The number of amides is 2. The SMILES string of the molecule is C[C@H]1C(=O)Nc2ccc(S(=O)(=O)N(C)CC(=O)NCc3ccco3)cc21. The Morgan fingerprint density at radius 3 is 2.81 bits per heavy atom. The fraction of sp³-hybridized carbons (Fsp3) is 0.294. The third-order valence-corrected chi connectivity index (χ3v) is 6.05. The minimum absolute atomic E-state index is 0.0425. The molecule has 0 unspecified atom stereocenters. The van der Waals surface area contributed by atoms with E-state index in [0.29, 0.717) is 17.0 Å². The maximum atomic E-state index is 12.7. The lowest BCUT2D eigenvalue weighted by Crippen LogP contribution is -2.38. The molecule has 0 saturated heterocycles. The summed E-state index contributed by atoms with van der Waals surface area (Å²) in [5.41, 5.74) is 1.24. The average molecular weight is 377 g/mol. The standard InChI is InChI=1S/C17H19N3O5S/c1-11-14-8-13(5-6-15(14)19-17(11)22)26(23,24)20(2)10-16(21)18-9-12-4-3-7-25-12/h3-8,11H,9-10H2,1-2H3,(H,18,21)(H,19,22)/t11-/m1/s1. The number of furan rings is 1. The second-order valence-electron chi connectivity index (χ2n) is 6.08. The first kappa shape index (κ1) is 18.2. The molecule has 9 heteroatoms. The van der Waals surface area contributed by atoms with Gasteiger partial charge in [0.1, 0.15) is 5.76 Å². The molecular weight excluding hydrogens is 358 g/mol. The summed E-state index contributed by atoms with van der Waals surface area (Å²) in [6.07, 6.45) is 1.49. The molecule has 1 aliphatic heterocycles. The minimum atomic E-state index is -3.86. The number of likely N-dealkylation sites (N-methyl/N-ethyl adjacent to an activating group) is 1. The van der Waals surface area contributed by atoms with Gasteiger partial charge in [-0.05, 0) is 42.8 Å². The van der Waals surface area contributed by atoms with Gasteiger partial charge in [-0.3, -0.25) is 9.59 Å². The predicted molar refractivity (Wildman–Crippen MR) is 93.9 cm³/mol. The van der Waals surface area contributed by atoms with Crippen molar-refractivity contribution in [2.24, 2.45) is 0 Å². The Labute approximate surface area is 151 Å². The average Bonchev–Trinajstić information content (AvgIpc) is 3.21. The molecule has 1 aliphatic rings. The van der Waals surface area contributed by atoms with E-state index in [0.717, 1.165) is 4.31 Å². The van der Waals surface area contributed by atoms with E-state index in [9.17, 15) is 18.0 Å². The third-order valence-electron chi connectivity index (χ3n) is 4.26. The number of anilines is 1. The number of hydrogen-bond acceptors (Lipinski definition) is 5. The van der Waals surface area contributed by atoms with E-state index in [1.165, 1.54) is 25.4 Å². The van der Waals surface area contributed by atoms with Gasteiger partial charge in [0.25, 0.3) is 0 Å². The molecule has 8 nitrogen and oxygen atoms in total. The Bertz CT molecular complexity index is 937. The van der Waals surface area contributed by atoms with E-state index < -0.39 is 21.8 Å². The van der Waals surface area contributed by atoms with Crippen LogP contribution in [-0.2, 0) is 26.2 Å². The number of nitrogens with zero attached hydrogens (tertiary/aromatic N) is 1. The molecule has 1 aromatic heterocycles. The Hall–Kier alpha value is -2.65. The van der Waals surface area contributed by atoms with Gasteiger partial charge in [0, 0.05) is 12.7 Å². The summed E-state index contributed by atoms with van der Waals surface area (Å²) in [6.45, 7) is 1.57. The van der Waals surface area contributed by atoms with Crippen molar-refractivity contribution >= 4 is 27.5 Å². The molecule has 0 fully saturated rings. The van der Waals surface area contributed by atoms with Gasteiger partial charge >= 0.3 is 0 Å². The zero-order valence-electron chi connectivity index (χ0n) is 14.4. The maximum absolute atomic E-state index is 12.7. The highest BCUT2D eigenvalue weighted by atomic mass is 32.2. The highest BCUT2D eigenvalue weighted by Gasteiger charge is 2.30. The number of carbonyl (C=O) groups excluding carboxylic acids is 2. The lowest BCUT2D eigenvalue weighted by molar-refractivity contribution is -0.121. The fourth-order valence-electron chi connectivity index (χ4n) is 2.68. The lowest BCUT2D eigenvalue weighted by Gasteiger charge is -2.17. The Kier molecular flexibility index (Phi) is 4.84. The summed E-state index contributed by atoms with van der Waals surface area (Å²) in [5.74, 6) is -0.449. The van der Waals surface area contributed by atoms with Crippen molar-refractivity contribution in [1.82, 2.24) is 9.62 Å². The number of hydrogen-bond donors (Lipinski definition) is 2. The molecule has 0 saturated carbocycles. The summed E-state index contributed by atoms with van der Waals surface area (Å²) in [4.78, 5) is 23.7. The van der Waals surface area contributed by atoms with Crippen LogP contribution < -0.4 is 10.6 Å².